The lowest BCUT2D eigenvalue weighted by atomic mass is 9.78. The molecule has 0 radical (unpaired) electrons. The van der Waals surface area contributed by atoms with Crippen LogP contribution in [0.1, 0.15) is 59.3 Å². The van der Waals surface area contributed by atoms with Gasteiger partial charge in [0.05, 0.1) is 0 Å². The van der Waals surface area contributed by atoms with E-state index in [0.717, 1.165) is 63.6 Å². The number of carboxylic acids is 1. The highest BCUT2D eigenvalue weighted by atomic mass is 16.4. The molecule has 2 rings (SSSR count). The van der Waals surface area contributed by atoms with Gasteiger partial charge in [-0.25, -0.2) is 0 Å². The average molecular weight is 296 g/mol. The second-order valence-corrected chi connectivity index (χ2v) is 7.35. The van der Waals surface area contributed by atoms with Crippen LogP contribution in [0.4, 0.5) is 0 Å². The molecular weight excluding hydrogens is 264 g/mol. The number of carboxylic acid groups (broad SMARTS) is 1. The molecule has 0 aromatic rings. The van der Waals surface area contributed by atoms with E-state index in [1.807, 2.05) is 0 Å². The standard InChI is InChI=1S/C17H32N2O2/c1-4-9-18-17(16(20)21)8-5-6-15(11-17)19-10-7-14(12-19)13(2)3/h13-15,18H,4-12H2,1-3H3,(H,20,21). The molecule has 122 valence electrons. The zero-order valence-corrected chi connectivity index (χ0v) is 13.9. The summed E-state index contributed by atoms with van der Waals surface area (Å²) in [5.41, 5.74) is -0.686. The first-order chi connectivity index (χ1) is 9.98. The Morgan fingerprint density at radius 2 is 2.19 bits per heavy atom. The molecule has 21 heavy (non-hydrogen) atoms. The summed E-state index contributed by atoms with van der Waals surface area (Å²) >= 11 is 0. The van der Waals surface area contributed by atoms with E-state index in [1.165, 1.54) is 6.42 Å². The number of aliphatic carboxylic acids is 1. The molecule has 0 bridgehead atoms. The number of hydrogen-bond donors (Lipinski definition) is 2. The summed E-state index contributed by atoms with van der Waals surface area (Å²) < 4.78 is 0. The van der Waals surface area contributed by atoms with Crippen molar-refractivity contribution in [3.8, 4) is 0 Å². The van der Waals surface area contributed by atoms with Crippen molar-refractivity contribution in [3.63, 3.8) is 0 Å². The van der Waals surface area contributed by atoms with Crippen LogP contribution in [0.15, 0.2) is 0 Å². The minimum atomic E-state index is -0.686. The zero-order valence-electron chi connectivity index (χ0n) is 13.9. The van der Waals surface area contributed by atoms with Gasteiger partial charge >= 0.3 is 5.97 Å². The summed E-state index contributed by atoms with van der Waals surface area (Å²) in [7, 11) is 0. The van der Waals surface area contributed by atoms with Gasteiger partial charge in [-0.2, -0.15) is 0 Å². The monoisotopic (exact) mass is 296 g/mol. The zero-order chi connectivity index (χ0) is 15.5. The minimum Gasteiger partial charge on any atom is -0.480 e. The molecule has 4 nitrogen and oxygen atoms in total. The number of hydrogen-bond acceptors (Lipinski definition) is 3. The van der Waals surface area contributed by atoms with E-state index in [1.54, 1.807) is 0 Å². The molecule has 0 spiro atoms. The number of nitrogens with one attached hydrogen (secondary N) is 1. The molecule has 1 saturated heterocycles. The Morgan fingerprint density at radius 3 is 2.76 bits per heavy atom. The van der Waals surface area contributed by atoms with Gasteiger partial charge in [-0.05, 0) is 63.5 Å². The quantitative estimate of drug-likeness (QED) is 0.791. The summed E-state index contributed by atoms with van der Waals surface area (Å²) in [5.74, 6) is 0.871. The number of likely N-dealkylation sites (tertiary alicyclic amines) is 1. The third-order valence-electron chi connectivity index (χ3n) is 5.56. The van der Waals surface area contributed by atoms with Gasteiger partial charge in [0.15, 0.2) is 0 Å². The fourth-order valence-corrected chi connectivity index (χ4v) is 4.04. The molecule has 2 aliphatic rings. The fourth-order valence-electron chi connectivity index (χ4n) is 4.04. The Morgan fingerprint density at radius 1 is 1.43 bits per heavy atom. The van der Waals surface area contributed by atoms with Crippen molar-refractivity contribution in [1.82, 2.24) is 10.2 Å². The normalized spacial score (nSPS) is 34.5. The molecule has 1 aliphatic heterocycles. The second kappa shape index (κ2) is 7.10. The predicted molar refractivity (Wildman–Crippen MR) is 85.4 cm³/mol. The molecule has 2 N–H and O–H groups in total. The lowest BCUT2D eigenvalue weighted by Gasteiger charge is -2.42. The molecule has 4 heteroatoms. The van der Waals surface area contributed by atoms with E-state index >= 15 is 0 Å². The van der Waals surface area contributed by atoms with Crippen LogP contribution in [0.3, 0.4) is 0 Å². The lowest BCUT2D eigenvalue weighted by molar-refractivity contribution is -0.147. The van der Waals surface area contributed by atoms with Crippen molar-refractivity contribution in [1.29, 1.82) is 0 Å². The Labute approximate surface area is 129 Å². The number of carbonyl (C=O) groups is 1. The third kappa shape index (κ3) is 3.78. The summed E-state index contributed by atoms with van der Waals surface area (Å²) in [6.45, 7) is 9.81. The Bertz CT molecular complexity index is 359. The van der Waals surface area contributed by atoms with Crippen LogP contribution in [0.2, 0.25) is 0 Å². The van der Waals surface area contributed by atoms with Gasteiger partial charge in [-0.15, -0.1) is 0 Å². The van der Waals surface area contributed by atoms with Crippen molar-refractivity contribution in [2.24, 2.45) is 11.8 Å². The van der Waals surface area contributed by atoms with Crippen LogP contribution in [-0.4, -0.2) is 47.2 Å². The van der Waals surface area contributed by atoms with E-state index in [-0.39, 0.29) is 0 Å². The van der Waals surface area contributed by atoms with Crippen molar-refractivity contribution in [2.45, 2.75) is 70.9 Å². The van der Waals surface area contributed by atoms with Gasteiger partial charge in [0.25, 0.3) is 0 Å². The van der Waals surface area contributed by atoms with E-state index < -0.39 is 11.5 Å². The molecule has 1 heterocycles. The summed E-state index contributed by atoms with van der Waals surface area (Å²) in [6, 6.07) is 0.447. The van der Waals surface area contributed by atoms with Crippen molar-refractivity contribution < 1.29 is 9.90 Å². The SMILES string of the molecule is CCCNC1(C(=O)O)CCCC(N2CCC(C(C)C)C2)C1. The van der Waals surface area contributed by atoms with Crippen LogP contribution >= 0.6 is 0 Å². The van der Waals surface area contributed by atoms with Crippen LogP contribution in [0, 0.1) is 11.8 Å². The van der Waals surface area contributed by atoms with E-state index in [2.05, 4.69) is 31.0 Å². The first kappa shape index (κ1) is 16.8. The molecular formula is C17H32N2O2. The van der Waals surface area contributed by atoms with Gasteiger partial charge < -0.3 is 15.3 Å². The first-order valence-corrected chi connectivity index (χ1v) is 8.71. The third-order valence-corrected chi connectivity index (χ3v) is 5.56. The summed E-state index contributed by atoms with van der Waals surface area (Å²) in [6.07, 6.45) is 5.99. The molecule has 1 saturated carbocycles. The van der Waals surface area contributed by atoms with Gasteiger partial charge in [0, 0.05) is 12.6 Å². The Kier molecular flexibility index (Phi) is 5.67. The maximum Gasteiger partial charge on any atom is 0.323 e. The van der Waals surface area contributed by atoms with Crippen molar-refractivity contribution in [2.75, 3.05) is 19.6 Å². The number of rotatable bonds is 6. The van der Waals surface area contributed by atoms with E-state index in [4.69, 9.17) is 0 Å². The highest BCUT2D eigenvalue weighted by Gasteiger charge is 2.44. The smallest absolute Gasteiger partial charge is 0.323 e. The van der Waals surface area contributed by atoms with E-state index in [9.17, 15) is 9.90 Å². The minimum absolute atomic E-state index is 0.447. The summed E-state index contributed by atoms with van der Waals surface area (Å²) in [4.78, 5) is 14.4. The molecule has 0 amide bonds. The van der Waals surface area contributed by atoms with Gasteiger partial charge in [-0.1, -0.05) is 20.8 Å². The second-order valence-electron chi connectivity index (χ2n) is 7.35. The lowest BCUT2D eigenvalue weighted by Crippen LogP contribution is -2.58. The molecule has 0 aromatic heterocycles. The topological polar surface area (TPSA) is 52.6 Å². The van der Waals surface area contributed by atoms with Crippen molar-refractivity contribution in [3.05, 3.63) is 0 Å². The predicted octanol–water partition coefficient (Wildman–Crippen LogP) is 2.73. The molecule has 3 unspecified atom stereocenters. The first-order valence-electron chi connectivity index (χ1n) is 8.71. The van der Waals surface area contributed by atoms with Crippen LogP contribution in [0.5, 0.6) is 0 Å². The largest absolute Gasteiger partial charge is 0.480 e. The van der Waals surface area contributed by atoms with Gasteiger partial charge in [0.1, 0.15) is 5.54 Å². The maximum absolute atomic E-state index is 11.8. The Balaban J connectivity index is 2.00. The highest BCUT2D eigenvalue weighted by Crippen LogP contribution is 2.35. The molecule has 3 atom stereocenters. The van der Waals surface area contributed by atoms with Crippen LogP contribution < -0.4 is 5.32 Å². The van der Waals surface area contributed by atoms with Gasteiger partial charge in [0.2, 0.25) is 0 Å². The molecule has 2 fully saturated rings. The number of nitrogens with zero attached hydrogens (tertiary/aromatic N) is 1. The molecule has 1 aliphatic carbocycles. The molecule has 0 aromatic carbocycles. The van der Waals surface area contributed by atoms with Crippen LogP contribution in [0.25, 0.3) is 0 Å². The Hall–Kier alpha value is -0.610. The fraction of sp³-hybridized carbons (Fsp3) is 0.941. The van der Waals surface area contributed by atoms with Crippen LogP contribution in [-0.2, 0) is 4.79 Å². The average Bonchev–Trinajstić information content (AvgIpc) is 2.95. The van der Waals surface area contributed by atoms with E-state index in [0.29, 0.717) is 6.04 Å². The van der Waals surface area contributed by atoms with Crippen molar-refractivity contribution >= 4 is 5.97 Å². The highest BCUT2D eigenvalue weighted by molar-refractivity contribution is 5.79. The maximum atomic E-state index is 11.8. The summed E-state index contributed by atoms with van der Waals surface area (Å²) in [5, 5.41) is 13.1. The van der Waals surface area contributed by atoms with Gasteiger partial charge in [-0.3, -0.25) is 4.79 Å².